The smallest absolute Gasteiger partial charge is 0.416 e. The average Bonchev–Trinajstić information content (AvgIpc) is 3.42. The van der Waals surface area contributed by atoms with Gasteiger partial charge in [-0.1, -0.05) is 61.5 Å². The monoisotopic (exact) mass is 565 g/mol. The van der Waals surface area contributed by atoms with Gasteiger partial charge in [0.15, 0.2) is 0 Å². The highest BCUT2D eigenvalue weighted by Gasteiger charge is 2.40. The molecule has 2 aliphatic rings. The van der Waals surface area contributed by atoms with Gasteiger partial charge in [0, 0.05) is 63.5 Å². The average molecular weight is 566 g/mol. The molecule has 218 valence electrons. The fraction of sp³-hybridized carbons (Fsp3) is 0.424. The summed E-state index contributed by atoms with van der Waals surface area (Å²) in [4.78, 5) is 20.4. The van der Waals surface area contributed by atoms with Crippen molar-refractivity contribution in [1.29, 1.82) is 0 Å². The molecular formula is C33H38F3N3O2. The molecule has 0 spiro atoms. The third-order valence-electron chi connectivity index (χ3n) is 8.59. The first-order chi connectivity index (χ1) is 19.8. The van der Waals surface area contributed by atoms with Crippen LogP contribution < -0.4 is 9.64 Å². The molecule has 0 radical (unpaired) electrons. The van der Waals surface area contributed by atoms with Crippen molar-refractivity contribution >= 4 is 11.6 Å². The van der Waals surface area contributed by atoms with Crippen molar-refractivity contribution < 1.29 is 22.7 Å². The van der Waals surface area contributed by atoms with Crippen LogP contribution in [0.4, 0.5) is 18.9 Å². The minimum atomic E-state index is -4.41. The summed E-state index contributed by atoms with van der Waals surface area (Å²) in [6.07, 6.45) is -3.73. The van der Waals surface area contributed by atoms with E-state index in [1.165, 1.54) is 12.1 Å². The van der Waals surface area contributed by atoms with Crippen molar-refractivity contribution in [3.63, 3.8) is 0 Å². The predicted octanol–water partition coefficient (Wildman–Crippen LogP) is 6.27. The lowest BCUT2D eigenvalue weighted by Gasteiger charge is -2.38. The Morgan fingerprint density at radius 3 is 2.34 bits per heavy atom. The van der Waals surface area contributed by atoms with Crippen LogP contribution in [0, 0.1) is 5.92 Å². The third kappa shape index (κ3) is 6.70. The number of nitrogens with zero attached hydrogens (tertiary/aromatic N) is 3. The zero-order chi connectivity index (χ0) is 29.0. The van der Waals surface area contributed by atoms with Crippen molar-refractivity contribution in [1.82, 2.24) is 9.80 Å². The van der Waals surface area contributed by atoms with Crippen LogP contribution in [-0.2, 0) is 11.0 Å². The summed E-state index contributed by atoms with van der Waals surface area (Å²) < 4.78 is 46.2. The first-order valence-electron chi connectivity index (χ1n) is 14.4. The molecule has 3 aromatic rings. The van der Waals surface area contributed by atoms with E-state index in [-0.39, 0.29) is 23.7 Å². The van der Waals surface area contributed by atoms with Crippen LogP contribution in [0.15, 0.2) is 78.9 Å². The largest absolute Gasteiger partial charge is 0.497 e. The molecular weight excluding hydrogens is 527 g/mol. The second kappa shape index (κ2) is 12.6. The maximum absolute atomic E-state index is 13.8. The normalized spacial score (nSPS) is 20.7. The highest BCUT2D eigenvalue weighted by molar-refractivity contribution is 5.84. The highest BCUT2D eigenvalue weighted by Crippen LogP contribution is 2.38. The zero-order valence-corrected chi connectivity index (χ0v) is 23.7. The van der Waals surface area contributed by atoms with Crippen molar-refractivity contribution in [3.8, 4) is 5.75 Å². The number of anilines is 1. The quantitative estimate of drug-likeness (QED) is 0.323. The SMILES string of the molecule is CCC(C(=O)N1CC(CN2CCN(c3cccc(OC)c3)CC2)C(c2cccc(C(F)(F)F)c2)C1)c1ccccc1. The molecule has 5 nitrogen and oxygen atoms in total. The van der Waals surface area contributed by atoms with Gasteiger partial charge in [-0.25, -0.2) is 0 Å². The molecule has 1 amide bonds. The predicted molar refractivity (Wildman–Crippen MR) is 155 cm³/mol. The molecule has 41 heavy (non-hydrogen) atoms. The topological polar surface area (TPSA) is 36.0 Å². The van der Waals surface area contributed by atoms with Gasteiger partial charge in [-0.2, -0.15) is 13.2 Å². The molecule has 0 aromatic heterocycles. The number of amides is 1. The Labute approximate surface area is 240 Å². The summed E-state index contributed by atoms with van der Waals surface area (Å²) in [5, 5.41) is 0. The molecule has 8 heteroatoms. The van der Waals surface area contributed by atoms with Crippen LogP contribution in [0.1, 0.15) is 41.9 Å². The standard InChI is InChI=1S/C33H38F3N3O2/c1-3-30(24-9-5-4-6-10-24)32(40)39-22-26(31(23-39)25-11-7-12-27(19-25)33(34,35)36)21-37-15-17-38(18-16-37)28-13-8-14-29(20-28)41-2/h4-14,19-20,26,30-31H,3,15-18,21-23H2,1-2H3. The summed E-state index contributed by atoms with van der Waals surface area (Å²) in [6, 6.07) is 23.5. The Bertz CT molecular complexity index is 1310. The minimum absolute atomic E-state index is 0.0408. The van der Waals surface area contributed by atoms with E-state index in [9.17, 15) is 18.0 Å². The Kier molecular flexibility index (Phi) is 8.88. The summed E-state index contributed by atoms with van der Waals surface area (Å²) in [5.41, 5.74) is 2.12. The van der Waals surface area contributed by atoms with E-state index in [1.807, 2.05) is 60.4 Å². The number of halogens is 3. The molecule has 2 heterocycles. The Balaban J connectivity index is 1.33. The first kappa shape index (κ1) is 29.0. The van der Waals surface area contributed by atoms with Crippen LogP contribution in [0.25, 0.3) is 0 Å². The number of hydrogen-bond acceptors (Lipinski definition) is 4. The Hall–Kier alpha value is -3.52. The van der Waals surface area contributed by atoms with Gasteiger partial charge in [-0.15, -0.1) is 0 Å². The molecule has 2 aliphatic heterocycles. The van der Waals surface area contributed by atoms with Gasteiger partial charge in [-0.05, 0) is 41.7 Å². The number of benzene rings is 3. The fourth-order valence-electron chi connectivity index (χ4n) is 6.35. The van der Waals surface area contributed by atoms with Gasteiger partial charge in [0.1, 0.15) is 5.75 Å². The molecule has 5 rings (SSSR count). The van der Waals surface area contributed by atoms with Crippen LogP contribution in [0.5, 0.6) is 5.75 Å². The number of hydrogen-bond donors (Lipinski definition) is 0. The lowest BCUT2D eigenvalue weighted by Crippen LogP contribution is -2.48. The maximum atomic E-state index is 13.8. The number of rotatable bonds is 8. The number of carbonyl (C=O) groups is 1. The van der Waals surface area contributed by atoms with Crippen LogP contribution in [0.2, 0.25) is 0 Å². The molecule has 3 unspecified atom stereocenters. The molecule has 0 bridgehead atoms. The number of alkyl halides is 3. The number of carbonyl (C=O) groups excluding carboxylic acids is 1. The number of piperazine rings is 1. The van der Waals surface area contributed by atoms with Gasteiger partial charge in [0.25, 0.3) is 0 Å². The van der Waals surface area contributed by atoms with Gasteiger partial charge in [0.2, 0.25) is 5.91 Å². The minimum Gasteiger partial charge on any atom is -0.497 e. The van der Waals surface area contributed by atoms with Gasteiger partial charge < -0.3 is 14.5 Å². The fourth-order valence-corrected chi connectivity index (χ4v) is 6.35. The second-order valence-corrected chi connectivity index (χ2v) is 11.1. The summed E-state index contributed by atoms with van der Waals surface area (Å²) in [6.45, 7) is 7.10. The number of likely N-dealkylation sites (tertiary alicyclic amines) is 1. The lowest BCUT2D eigenvalue weighted by molar-refractivity contribution is -0.137. The van der Waals surface area contributed by atoms with Crippen molar-refractivity contribution in [2.45, 2.75) is 31.4 Å². The maximum Gasteiger partial charge on any atom is 0.416 e. The van der Waals surface area contributed by atoms with Crippen molar-refractivity contribution in [3.05, 3.63) is 95.6 Å². The van der Waals surface area contributed by atoms with Crippen LogP contribution in [0.3, 0.4) is 0 Å². The van der Waals surface area contributed by atoms with E-state index in [1.54, 1.807) is 13.2 Å². The summed E-state index contributed by atoms with van der Waals surface area (Å²) >= 11 is 0. The molecule has 2 saturated heterocycles. The number of methoxy groups -OCH3 is 1. The molecule has 0 N–H and O–H groups in total. The van der Waals surface area contributed by atoms with Gasteiger partial charge >= 0.3 is 6.18 Å². The zero-order valence-electron chi connectivity index (χ0n) is 23.7. The van der Waals surface area contributed by atoms with E-state index in [0.29, 0.717) is 25.1 Å². The van der Waals surface area contributed by atoms with E-state index in [0.717, 1.165) is 55.8 Å². The second-order valence-electron chi connectivity index (χ2n) is 11.1. The van der Waals surface area contributed by atoms with Crippen LogP contribution >= 0.6 is 0 Å². The molecule has 3 aromatic carbocycles. The molecule has 2 fully saturated rings. The molecule has 3 atom stereocenters. The highest BCUT2D eigenvalue weighted by atomic mass is 19.4. The van der Waals surface area contributed by atoms with Crippen molar-refractivity contribution in [2.24, 2.45) is 5.92 Å². The Morgan fingerprint density at radius 1 is 0.927 bits per heavy atom. The third-order valence-corrected chi connectivity index (χ3v) is 8.59. The van der Waals surface area contributed by atoms with E-state index >= 15 is 0 Å². The summed E-state index contributed by atoms with van der Waals surface area (Å²) in [7, 11) is 1.66. The van der Waals surface area contributed by atoms with Crippen LogP contribution in [-0.4, -0.2) is 68.6 Å². The first-order valence-corrected chi connectivity index (χ1v) is 14.4. The summed E-state index contributed by atoms with van der Waals surface area (Å²) in [5.74, 6) is 0.500. The lowest BCUT2D eigenvalue weighted by atomic mass is 9.87. The molecule has 0 saturated carbocycles. The van der Waals surface area contributed by atoms with Gasteiger partial charge in [-0.3, -0.25) is 9.69 Å². The molecule has 0 aliphatic carbocycles. The van der Waals surface area contributed by atoms with E-state index in [2.05, 4.69) is 15.9 Å². The van der Waals surface area contributed by atoms with Crippen molar-refractivity contribution in [2.75, 3.05) is 57.8 Å². The van der Waals surface area contributed by atoms with E-state index < -0.39 is 11.7 Å². The van der Waals surface area contributed by atoms with Gasteiger partial charge in [0.05, 0.1) is 18.6 Å². The number of ether oxygens (including phenoxy) is 1. The van der Waals surface area contributed by atoms with E-state index in [4.69, 9.17) is 4.74 Å². The Morgan fingerprint density at radius 2 is 1.66 bits per heavy atom.